The van der Waals surface area contributed by atoms with Crippen molar-refractivity contribution >= 4 is 23.3 Å². The van der Waals surface area contributed by atoms with Crippen molar-refractivity contribution in [2.75, 3.05) is 11.6 Å². The zero-order valence-electron chi connectivity index (χ0n) is 14.1. The number of nitrogens with one attached hydrogen (secondary N) is 1. The predicted molar refractivity (Wildman–Crippen MR) is 94.7 cm³/mol. The number of aromatic nitrogens is 2. The predicted octanol–water partition coefficient (Wildman–Crippen LogP) is 1.79. The molecular weight excluding hydrogens is 334 g/mol. The first-order valence-corrected chi connectivity index (χ1v) is 8.60. The molecule has 8 heteroatoms. The first-order valence-electron chi connectivity index (χ1n) is 8.60. The van der Waals surface area contributed by atoms with E-state index in [0.29, 0.717) is 12.2 Å². The minimum absolute atomic E-state index is 0.0678. The molecule has 0 saturated carbocycles. The standard InChI is InChI=1S/C18H19N5O3/c24-17(22-10-4-7-15(22)13-8-9-19-20-13)14-11-16(18(25)26)23(21-14)12-5-2-1-3-6-12/h1-3,5-6,8-9,15-16H,4,7,10-11H2,(H,19,20)(H,25,26). The van der Waals surface area contributed by atoms with Gasteiger partial charge in [-0.1, -0.05) is 18.2 Å². The Bertz CT molecular complexity index is 834. The van der Waals surface area contributed by atoms with E-state index in [9.17, 15) is 14.7 Å². The van der Waals surface area contributed by atoms with Crippen LogP contribution in [0.15, 0.2) is 47.7 Å². The molecular formula is C18H19N5O3. The Morgan fingerprint density at radius 3 is 2.69 bits per heavy atom. The second kappa shape index (κ2) is 6.62. The number of carbonyl (C=O) groups excluding carboxylic acids is 1. The van der Waals surface area contributed by atoms with E-state index >= 15 is 0 Å². The van der Waals surface area contributed by atoms with Crippen molar-refractivity contribution in [3.63, 3.8) is 0 Å². The number of amides is 1. The van der Waals surface area contributed by atoms with Crippen molar-refractivity contribution in [3.8, 4) is 0 Å². The number of hydrogen-bond donors (Lipinski definition) is 2. The molecule has 1 fully saturated rings. The minimum Gasteiger partial charge on any atom is -0.480 e. The highest BCUT2D eigenvalue weighted by Gasteiger charge is 2.40. The van der Waals surface area contributed by atoms with Crippen LogP contribution >= 0.6 is 0 Å². The van der Waals surface area contributed by atoms with Gasteiger partial charge in [0.2, 0.25) is 0 Å². The summed E-state index contributed by atoms with van der Waals surface area (Å²) in [5, 5.41) is 22.3. The van der Waals surface area contributed by atoms with Crippen LogP contribution in [-0.2, 0) is 9.59 Å². The molecule has 134 valence electrons. The number of aromatic amines is 1. The van der Waals surface area contributed by atoms with Gasteiger partial charge < -0.3 is 10.0 Å². The van der Waals surface area contributed by atoms with E-state index in [1.807, 2.05) is 24.3 Å². The van der Waals surface area contributed by atoms with Gasteiger partial charge >= 0.3 is 5.97 Å². The third-order valence-corrected chi connectivity index (χ3v) is 4.86. The number of para-hydroxylation sites is 1. The highest BCUT2D eigenvalue weighted by molar-refractivity contribution is 6.40. The summed E-state index contributed by atoms with van der Waals surface area (Å²) in [6.45, 7) is 0.630. The zero-order chi connectivity index (χ0) is 18.1. The number of hydrogen-bond acceptors (Lipinski definition) is 5. The Morgan fingerprint density at radius 2 is 2.00 bits per heavy atom. The summed E-state index contributed by atoms with van der Waals surface area (Å²) in [5.41, 5.74) is 1.84. The van der Waals surface area contributed by atoms with Gasteiger partial charge in [0, 0.05) is 19.2 Å². The molecule has 2 aromatic rings. The summed E-state index contributed by atoms with van der Waals surface area (Å²) >= 11 is 0. The third kappa shape index (κ3) is 2.83. The van der Waals surface area contributed by atoms with Crippen LogP contribution in [0.5, 0.6) is 0 Å². The lowest BCUT2D eigenvalue weighted by Crippen LogP contribution is -2.37. The molecule has 0 spiro atoms. The molecule has 1 aromatic carbocycles. The number of nitrogens with zero attached hydrogens (tertiary/aromatic N) is 4. The van der Waals surface area contributed by atoms with Gasteiger partial charge in [-0.05, 0) is 31.0 Å². The molecule has 8 nitrogen and oxygen atoms in total. The van der Waals surface area contributed by atoms with E-state index in [-0.39, 0.29) is 24.1 Å². The van der Waals surface area contributed by atoms with Gasteiger partial charge in [-0.2, -0.15) is 10.2 Å². The first kappa shape index (κ1) is 16.3. The van der Waals surface area contributed by atoms with Crippen LogP contribution in [0.3, 0.4) is 0 Å². The molecule has 1 amide bonds. The number of carboxylic acid groups (broad SMARTS) is 1. The topological polar surface area (TPSA) is 102 Å². The average Bonchev–Trinajstić information content (AvgIpc) is 3.41. The molecule has 1 saturated heterocycles. The molecule has 0 bridgehead atoms. The summed E-state index contributed by atoms with van der Waals surface area (Å²) in [6.07, 6.45) is 3.51. The lowest BCUT2D eigenvalue weighted by atomic mass is 10.1. The van der Waals surface area contributed by atoms with Crippen LogP contribution in [0, 0.1) is 0 Å². The van der Waals surface area contributed by atoms with Gasteiger partial charge in [0.15, 0.2) is 6.04 Å². The smallest absolute Gasteiger partial charge is 0.328 e. The number of aliphatic carboxylic acids is 1. The van der Waals surface area contributed by atoms with Gasteiger partial charge in [0.25, 0.3) is 5.91 Å². The van der Waals surface area contributed by atoms with Crippen LogP contribution in [-0.4, -0.2) is 50.4 Å². The summed E-state index contributed by atoms with van der Waals surface area (Å²) in [6, 6.07) is 9.99. The highest BCUT2D eigenvalue weighted by Crippen LogP contribution is 2.32. The SMILES string of the molecule is O=C(O)C1CC(C(=O)N2CCCC2c2ccn[nH]2)=NN1c1ccccc1. The van der Waals surface area contributed by atoms with Crippen LogP contribution in [0.2, 0.25) is 0 Å². The quantitative estimate of drug-likeness (QED) is 0.872. The van der Waals surface area contributed by atoms with E-state index in [0.717, 1.165) is 18.5 Å². The van der Waals surface area contributed by atoms with E-state index in [2.05, 4.69) is 15.3 Å². The van der Waals surface area contributed by atoms with E-state index in [1.54, 1.807) is 23.2 Å². The van der Waals surface area contributed by atoms with Gasteiger partial charge in [0.1, 0.15) is 5.71 Å². The summed E-state index contributed by atoms with van der Waals surface area (Å²) in [7, 11) is 0. The fraction of sp³-hybridized carbons (Fsp3) is 0.333. The van der Waals surface area contributed by atoms with Crippen molar-refractivity contribution in [3.05, 3.63) is 48.3 Å². The fourth-order valence-electron chi connectivity index (χ4n) is 3.60. The van der Waals surface area contributed by atoms with Crippen LogP contribution in [0.1, 0.15) is 31.0 Å². The molecule has 4 rings (SSSR count). The molecule has 3 heterocycles. The Labute approximate surface area is 150 Å². The highest BCUT2D eigenvalue weighted by atomic mass is 16.4. The van der Waals surface area contributed by atoms with Gasteiger partial charge in [-0.15, -0.1) is 0 Å². The Kier molecular flexibility index (Phi) is 4.16. The number of carbonyl (C=O) groups is 2. The molecule has 2 aliphatic rings. The molecule has 2 unspecified atom stereocenters. The molecule has 2 N–H and O–H groups in total. The maximum absolute atomic E-state index is 13.0. The van der Waals surface area contributed by atoms with Crippen LogP contribution in [0.4, 0.5) is 5.69 Å². The molecule has 26 heavy (non-hydrogen) atoms. The maximum atomic E-state index is 13.0. The Balaban J connectivity index is 1.60. The number of carboxylic acids is 1. The average molecular weight is 353 g/mol. The summed E-state index contributed by atoms with van der Waals surface area (Å²) < 4.78 is 0. The molecule has 0 aliphatic carbocycles. The van der Waals surface area contributed by atoms with Gasteiger partial charge in [0.05, 0.1) is 17.4 Å². The largest absolute Gasteiger partial charge is 0.480 e. The van der Waals surface area contributed by atoms with Crippen molar-refractivity contribution < 1.29 is 14.7 Å². The van der Waals surface area contributed by atoms with Crippen LogP contribution < -0.4 is 5.01 Å². The molecule has 2 atom stereocenters. The number of hydrazone groups is 1. The van der Waals surface area contributed by atoms with E-state index < -0.39 is 12.0 Å². The number of anilines is 1. The van der Waals surface area contributed by atoms with Crippen molar-refractivity contribution in [1.82, 2.24) is 15.1 Å². The lowest BCUT2D eigenvalue weighted by molar-refractivity contribution is -0.138. The number of likely N-dealkylation sites (tertiary alicyclic amines) is 1. The molecule has 2 aliphatic heterocycles. The Morgan fingerprint density at radius 1 is 1.19 bits per heavy atom. The van der Waals surface area contributed by atoms with Crippen molar-refractivity contribution in [1.29, 1.82) is 0 Å². The Hall–Kier alpha value is -3.16. The first-order chi connectivity index (χ1) is 12.6. The maximum Gasteiger partial charge on any atom is 0.328 e. The molecule has 1 aromatic heterocycles. The van der Waals surface area contributed by atoms with Gasteiger partial charge in [-0.3, -0.25) is 14.9 Å². The summed E-state index contributed by atoms with van der Waals surface area (Å²) in [5.74, 6) is -1.20. The normalized spacial score (nSPS) is 22.5. The lowest BCUT2D eigenvalue weighted by Gasteiger charge is -2.23. The zero-order valence-corrected chi connectivity index (χ0v) is 14.1. The second-order valence-electron chi connectivity index (χ2n) is 6.45. The van der Waals surface area contributed by atoms with Gasteiger partial charge in [-0.25, -0.2) is 4.79 Å². The number of H-pyrrole nitrogens is 1. The molecule has 0 radical (unpaired) electrons. The van der Waals surface area contributed by atoms with E-state index in [1.165, 1.54) is 5.01 Å². The monoisotopic (exact) mass is 353 g/mol. The van der Waals surface area contributed by atoms with E-state index in [4.69, 9.17) is 0 Å². The minimum atomic E-state index is -0.994. The van der Waals surface area contributed by atoms with Crippen LogP contribution in [0.25, 0.3) is 0 Å². The fourth-order valence-corrected chi connectivity index (χ4v) is 3.60. The number of rotatable bonds is 4. The second-order valence-corrected chi connectivity index (χ2v) is 6.45. The third-order valence-electron chi connectivity index (χ3n) is 4.86. The van der Waals surface area contributed by atoms with Crippen molar-refractivity contribution in [2.45, 2.75) is 31.3 Å². The number of benzene rings is 1. The summed E-state index contributed by atoms with van der Waals surface area (Å²) in [4.78, 5) is 26.5. The van der Waals surface area contributed by atoms with Crippen molar-refractivity contribution in [2.24, 2.45) is 5.10 Å².